The molecule has 1 atom stereocenters. The summed E-state index contributed by atoms with van der Waals surface area (Å²) in [7, 11) is 0. The van der Waals surface area contributed by atoms with Gasteiger partial charge >= 0.3 is 0 Å². The molecule has 0 spiro atoms. The van der Waals surface area contributed by atoms with Gasteiger partial charge in [0.2, 0.25) is 0 Å². The molecular weight excluding hydrogens is 332 g/mol. The normalized spacial score (nSPS) is 18.2. The third-order valence-electron chi connectivity index (χ3n) is 3.34. The number of thiophene rings is 1. The predicted molar refractivity (Wildman–Crippen MR) is 77.7 cm³/mol. The summed E-state index contributed by atoms with van der Waals surface area (Å²) in [5.74, 6) is -1.09. The van der Waals surface area contributed by atoms with Crippen LogP contribution in [0.1, 0.15) is 29.3 Å². The highest BCUT2D eigenvalue weighted by Gasteiger charge is 2.23. The lowest BCUT2D eigenvalue weighted by Gasteiger charge is -2.24. The van der Waals surface area contributed by atoms with Crippen LogP contribution in [0.25, 0.3) is 0 Å². The first-order valence-electron chi connectivity index (χ1n) is 6.13. The van der Waals surface area contributed by atoms with Gasteiger partial charge in [-0.25, -0.2) is 8.78 Å². The number of rotatable bonds is 2. The first-order chi connectivity index (χ1) is 9.13. The largest absolute Gasteiger partial charge is 0.376 e. The van der Waals surface area contributed by atoms with Crippen molar-refractivity contribution in [2.75, 3.05) is 5.32 Å². The molecule has 0 saturated heterocycles. The van der Waals surface area contributed by atoms with Crippen LogP contribution < -0.4 is 5.32 Å². The van der Waals surface area contributed by atoms with Gasteiger partial charge in [-0.3, -0.25) is 0 Å². The maximum atomic E-state index is 13.7. The zero-order valence-electron chi connectivity index (χ0n) is 10.1. The van der Waals surface area contributed by atoms with Crippen molar-refractivity contribution in [3.05, 3.63) is 50.1 Å². The van der Waals surface area contributed by atoms with Crippen molar-refractivity contribution in [3.63, 3.8) is 0 Å². The highest BCUT2D eigenvalue weighted by Crippen LogP contribution is 2.39. The highest BCUT2D eigenvalue weighted by molar-refractivity contribution is 9.11. The molecule has 1 heterocycles. The number of hydrogen-bond acceptors (Lipinski definition) is 2. The Hall–Kier alpha value is -0.940. The minimum absolute atomic E-state index is 0.103. The molecule has 1 aliphatic rings. The second-order valence-corrected chi connectivity index (χ2v) is 7.16. The predicted octanol–water partition coefficient (Wildman–Crippen LogP) is 5.28. The summed E-state index contributed by atoms with van der Waals surface area (Å²) in [6, 6.07) is 5.85. The molecule has 0 fully saturated rings. The fourth-order valence-corrected chi connectivity index (χ4v) is 4.29. The van der Waals surface area contributed by atoms with Gasteiger partial charge in [-0.15, -0.1) is 11.3 Å². The monoisotopic (exact) mass is 343 g/mol. The van der Waals surface area contributed by atoms with Gasteiger partial charge in [0.25, 0.3) is 0 Å². The number of benzene rings is 1. The van der Waals surface area contributed by atoms with Crippen molar-refractivity contribution in [3.8, 4) is 0 Å². The van der Waals surface area contributed by atoms with Crippen LogP contribution in [0, 0.1) is 11.6 Å². The highest BCUT2D eigenvalue weighted by atomic mass is 79.9. The van der Waals surface area contributed by atoms with E-state index in [1.807, 2.05) is 0 Å². The van der Waals surface area contributed by atoms with E-state index in [1.165, 1.54) is 22.6 Å². The van der Waals surface area contributed by atoms with Crippen LogP contribution in [0.4, 0.5) is 14.5 Å². The van der Waals surface area contributed by atoms with Crippen LogP contribution in [0.3, 0.4) is 0 Å². The summed E-state index contributed by atoms with van der Waals surface area (Å²) in [6.07, 6.45) is 3.13. The van der Waals surface area contributed by atoms with Crippen molar-refractivity contribution < 1.29 is 8.78 Å². The fraction of sp³-hybridized carbons (Fsp3) is 0.286. The molecule has 1 nitrogen and oxygen atoms in total. The maximum Gasteiger partial charge on any atom is 0.149 e. The second kappa shape index (κ2) is 5.21. The molecule has 1 unspecified atom stereocenters. The molecule has 0 bridgehead atoms. The van der Waals surface area contributed by atoms with Crippen molar-refractivity contribution in [1.29, 1.82) is 0 Å². The Labute approximate surface area is 122 Å². The summed E-state index contributed by atoms with van der Waals surface area (Å²) >= 11 is 5.23. The standard InChI is InChI=1S/C14H12BrF2NS/c15-14-7-9-11(2-1-3-13(9)19-14)18-12-5-4-8(16)6-10(12)17/h4-7,11,18H,1-3H2. The average molecular weight is 344 g/mol. The minimum atomic E-state index is -0.550. The quantitative estimate of drug-likeness (QED) is 0.782. The lowest BCUT2D eigenvalue weighted by molar-refractivity contribution is 0.573. The molecule has 0 radical (unpaired) electrons. The van der Waals surface area contributed by atoms with E-state index in [2.05, 4.69) is 27.3 Å². The Morgan fingerprint density at radius 2 is 2.11 bits per heavy atom. The van der Waals surface area contributed by atoms with Gasteiger partial charge in [-0.1, -0.05) is 0 Å². The lowest BCUT2D eigenvalue weighted by Crippen LogP contribution is -2.16. The van der Waals surface area contributed by atoms with Crippen LogP contribution in [-0.4, -0.2) is 0 Å². The van der Waals surface area contributed by atoms with Gasteiger partial charge < -0.3 is 5.32 Å². The van der Waals surface area contributed by atoms with Gasteiger partial charge in [-0.05, 0) is 59.0 Å². The van der Waals surface area contributed by atoms with Gasteiger partial charge in [0.05, 0.1) is 15.5 Å². The van der Waals surface area contributed by atoms with Crippen LogP contribution in [0.2, 0.25) is 0 Å². The Bertz CT molecular complexity index is 611. The third-order valence-corrected chi connectivity index (χ3v) is 5.06. The third kappa shape index (κ3) is 2.67. The molecule has 100 valence electrons. The zero-order chi connectivity index (χ0) is 13.4. The molecule has 0 saturated carbocycles. The van der Waals surface area contributed by atoms with Crippen molar-refractivity contribution in [2.45, 2.75) is 25.3 Å². The van der Waals surface area contributed by atoms with Crippen molar-refractivity contribution >= 4 is 33.0 Å². The molecule has 1 aromatic heterocycles. The zero-order valence-corrected chi connectivity index (χ0v) is 12.5. The van der Waals surface area contributed by atoms with Crippen molar-refractivity contribution in [1.82, 2.24) is 0 Å². The maximum absolute atomic E-state index is 13.7. The molecule has 0 aliphatic heterocycles. The lowest BCUT2D eigenvalue weighted by atomic mass is 9.94. The first-order valence-corrected chi connectivity index (χ1v) is 7.74. The number of halogens is 3. The van der Waals surface area contributed by atoms with E-state index in [0.717, 1.165) is 29.1 Å². The summed E-state index contributed by atoms with van der Waals surface area (Å²) in [4.78, 5) is 1.35. The number of hydrogen-bond donors (Lipinski definition) is 1. The Morgan fingerprint density at radius 1 is 1.26 bits per heavy atom. The van der Waals surface area contributed by atoms with E-state index in [-0.39, 0.29) is 6.04 Å². The van der Waals surface area contributed by atoms with E-state index in [1.54, 1.807) is 11.3 Å². The molecular formula is C14H12BrF2NS. The number of nitrogens with one attached hydrogen (secondary N) is 1. The van der Waals surface area contributed by atoms with Crippen LogP contribution in [0.5, 0.6) is 0 Å². The number of anilines is 1. The van der Waals surface area contributed by atoms with E-state index in [0.29, 0.717) is 5.69 Å². The Kier molecular flexibility index (Phi) is 3.58. The van der Waals surface area contributed by atoms with E-state index < -0.39 is 11.6 Å². The van der Waals surface area contributed by atoms with E-state index in [4.69, 9.17) is 0 Å². The summed E-state index contributed by atoms with van der Waals surface area (Å²) in [5.41, 5.74) is 1.59. The molecule has 1 aliphatic carbocycles. The molecule has 5 heteroatoms. The van der Waals surface area contributed by atoms with Crippen LogP contribution >= 0.6 is 27.3 Å². The SMILES string of the molecule is Fc1ccc(NC2CCCc3sc(Br)cc32)c(F)c1. The van der Waals surface area contributed by atoms with Gasteiger partial charge in [0.15, 0.2) is 0 Å². The fourth-order valence-electron chi connectivity index (χ4n) is 2.47. The van der Waals surface area contributed by atoms with Gasteiger partial charge in [0, 0.05) is 10.9 Å². The number of fused-ring (bicyclic) bond motifs is 1. The second-order valence-electron chi connectivity index (χ2n) is 4.64. The summed E-state index contributed by atoms with van der Waals surface area (Å²) < 4.78 is 27.7. The molecule has 3 rings (SSSR count). The molecule has 1 aromatic carbocycles. The summed E-state index contributed by atoms with van der Waals surface area (Å²) in [5, 5.41) is 3.19. The molecule has 19 heavy (non-hydrogen) atoms. The number of aryl methyl sites for hydroxylation is 1. The smallest absolute Gasteiger partial charge is 0.149 e. The van der Waals surface area contributed by atoms with E-state index >= 15 is 0 Å². The topological polar surface area (TPSA) is 12.0 Å². The van der Waals surface area contributed by atoms with Crippen LogP contribution in [-0.2, 0) is 6.42 Å². The Balaban J connectivity index is 1.88. The molecule has 2 aromatic rings. The van der Waals surface area contributed by atoms with Crippen LogP contribution in [0.15, 0.2) is 28.1 Å². The molecule has 0 amide bonds. The average Bonchev–Trinajstić information content (AvgIpc) is 2.74. The van der Waals surface area contributed by atoms with E-state index in [9.17, 15) is 8.78 Å². The first kappa shape index (κ1) is 13.1. The van der Waals surface area contributed by atoms with Crippen molar-refractivity contribution in [2.24, 2.45) is 0 Å². The summed E-state index contributed by atoms with van der Waals surface area (Å²) in [6.45, 7) is 0. The Morgan fingerprint density at radius 3 is 2.89 bits per heavy atom. The molecule has 1 N–H and O–H groups in total. The van der Waals surface area contributed by atoms with Gasteiger partial charge in [-0.2, -0.15) is 0 Å². The van der Waals surface area contributed by atoms with Gasteiger partial charge in [0.1, 0.15) is 11.6 Å². The minimum Gasteiger partial charge on any atom is -0.376 e.